The Morgan fingerprint density at radius 1 is 0.958 bits per heavy atom. The minimum absolute atomic E-state index is 0.115. The number of anilines is 2. The Kier molecular flexibility index (Phi) is 5.78. The SMILES string of the molecule is COc1ccc(OCC(=O)Nc2cccc(NC(C)=O)c2C)cc1. The van der Waals surface area contributed by atoms with Crippen LogP contribution in [0.2, 0.25) is 0 Å². The second-order valence-corrected chi connectivity index (χ2v) is 5.17. The molecule has 2 amide bonds. The van der Waals surface area contributed by atoms with E-state index in [4.69, 9.17) is 9.47 Å². The predicted octanol–water partition coefficient (Wildman–Crippen LogP) is 2.98. The molecule has 2 N–H and O–H groups in total. The highest BCUT2D eigenvalue weighted by atomic mass is 16.5. The molecule has 0 saturated heterocycles. The number of carbonyl (C=O) groups excluding carboxylic acids is 2. The first-order chi connectivity index (χ1) is 11.5. The van der Waals surface area contributed by atoms with E-state index in [9.17, 15) is 9.59 Å². The number of benzene rings is 2. The summed E-state index contributed by atoms with van der Waals surface area (Å²) in [6.45, 7) is 3.15. The Labute approximate surface area is 140 Å². The smallest absolute Gasteiger partial charge is 0.262 e. The molecule has 0 atom stereocenters. The van der Waals surface area contributed by atoms with E-state index in [1.807, 2.05) is 6.92 Å². The van der Waals surface area contributed by atoms with E-state index in [-0.39, 0.29) is 18.4 Å². The first-order valence-corrected chi connectivity index (χ1v) is 7.43. The lowest BCUT2D eigenvalue weighted by Gasteiger charge is -2.13. The van der Waals surface area contributed by atoms with E-state index < -0.39 is 0 Å². The van der Waals surface area contributed by atoms with Crippen LogP contribution in [0, 0.1) is 6.92 Å². The number of hydrogen-bond donors (Lipinski definition) is 2. The number of carbonyl (C=O) groups is 2. The lowest BCUT2D eigenvalue weighted by Crippen LogP contribution is -2.21. The second-order valence-electron chi connectivity index (χ2n) is 5.17. The van der Waals surface area contributed by atoms with Crippen LogP contribution >= 0.6 is 0 Å². The zero-order valence-corrected chi connectivity index (χ0v) is 13.9. The van der Waals surface area contributed by atoms with Crippen LogP contribution in [0.4, 0.5) is 11.4 Å². The molecule has 0 aromatic heterocycles. The van der Waals surface area contributed by atoms with Gasteiger partial charge in [-0.25, -0.2) is 0 Å². The molecule has 6 heteroatoms. The summed E-state index contributed by atoms with van der Waals surface area (Å²) in [7, 11) is 1.58. The minimum atomic E-state index is -0.283. The van der Waals surface area contributed by atoms with Gasteiger partial charge in [0.1, 0.15) is 11.5 Å². The normalized spacial score (nSPS) is 9.96. The maximum atomic E-state index is 12.0. The van der Waals surface area contributed by atoms with Gasteiger partial charge in [0.2, 0.25) is 5.91 Å². The molecule has 0 unspecified atom stereocenters. The van der Waals surface area contributed by atoms with Crippen molar-refractivity contribution in [2.24, 2.45) is 0 Å². The molecular formula is C18H20N2O4. The topological polar surface area (TPSA) is 76.7 Å². The Balaban J connectivity index is 1.95. The lowest BCUT2D eigenvalue weighted by molar-refractivity contribution is -0.118. The Morgan fingerprint density at radius 3 is 2.12 bits per heavy atom. The van der Waals surface area contributed by atoms with Crippen molar-refractivity contribution < 1.29 is 19.1 Å². The molecule has 0 aliphatic heterocycles. The highest BCUT2D eigenvalue weighted by Gasteiger charge is 2.09. The number of methoxy groups -OCH3 is 1. The first kappa shape index (κ1) is 17.3. The van der Waals surface area contributed by atoms with Crippen LogP contribution in [-0.4, -0.2) is 25.5 Å². The summed E-state index contributed by atoms with van der Waals surface area (Å²) >= 11 is 0. The minimum Gasteiger partial charge on any atom is -0.497 e. The van der Waals surface area contributed by atoms with Gasteiger partial charge in [0.15, 0.2) is 6.61 Å². The molecule has 24 heavy (non-hydrogen) atoms. The monoisotopic (exact) mass is 328 g/mol. The molecule has 6 nitrogen and oxygen atoms in total. The third kappa shape index (κ3) is 4.74. The second kappa shape index (κ2) is 8.01. The fraction of sp³-hybridized carbons (Fsp3) is 0.222. The third-order valence-corrected chi connectivity index (χ3v) is 3.35. The first-order valence-electron chi connectivity index (χ1n) is 7.43. The van der Waals surface area contributed by atoms with E-state index in [0.717, 1.165) is 11.3 Å². The van der Waals surface area contributed by atoms with Gasteiger partial charge in [0.05, 0.1) is 7.11 Å². The van der Waals surface area contributed by atoms with Gasteiger partial charge in [-0.05, 0) is 48.9 Å². The van der Waals surface area contributed by atoms with Crippen molar-refractivity contribution >= 4 is 23.2 Å². The van der Waals surface area contributed by atoms with E-state index in [1.54, 1.807) is 49.6 Å². The van der Waals surface area contributed by atoms with Crippen molar-refractivity contribution in [1.82, 2.24) is 0 Å². The Morgan fingerprint density at radius 2 is 1.54 bits per heavy atom. The van der Waals surface area contributed by atoms with Crippen LogP contribution in [0.15, 0.2) is 42.5 Å². The van der Waals surface area contributed by atoms with Crippen molar-refractivity contribution in [3.05, 3.63) is 48.0 Å². The molecular weight excluding hydrogens is 308 g/mol. The highest BCUT2D eigenvalue weighted by Crippen LogP contribution is 2.23. The van der Waals surface area contributed by atoms with E-state index in [0.29, 0.717) is 17.1 Å². The quantitative estimate of drug-likeness (QED) is 0.855. The Bertz CT molecular complexity index is 726. The van der Waals surface area contributed by atoms with Gasteiger partial charge < -0.3 is 20.1 Å². The van der Waals surface area contributed by atoms with Crippen LogP contribution in [0.1, 0.15) is 12.5 Å². The molecule has 0 saturated carbocycles. The molecule has 0 fully saturated rings. The van der Waals surface area contributed by atoms with Crippen LogP contribution in [-0.2, 0) is 9.59 Å². The van der Waals surface area contributed by atoms with Crippen LogP contribution in [0.5, 0.6) is 11.5 Å². The molecule has 126 valence electrons. The summed E-state index contributed by atoms with van der Waals surface area (Å²) < 4.78 is 10.5. The lowest BCUT2D eigenvalue weighted by atomic mass is 10.1. The third-order valence-electron chi connectivity index (χ3n) is 3.35. The van der Waals surface area contributed by atoms with Gasteiger partial charge >= 0.3 is 0 Å². The summed E-state index contributed by atoms with van der Waals surface area (Å²) in [6.07, 6.45) is 0. The molecule has 2 rings (SSSR count). The van der Waals surface area contributed by atoms with E-state index >= 15 is 0 Å². The van der Waals surface area contributed by atoms with Gasteiger partial charge in [-0.2, -0.15) is 0 Å². The summed E-state index contributed by atoms with van der Waals surface area (Å²) in [5.41, 5.74) is 2.08. The number of nitrogens with one attached hydrogen (secondary N) is 2. The fourth-order valence-electron chi connectivity index (χ4n) is 2.10. The molecule has 0 radical (unpaired) electrons. The van der Waals surface area contributed by atoms with Crippen molar-refractivity contribution in [3.63, 3.8) is 0 Å². The fourth-order valence-corrected chi connectivity index (χ4v) is 2.10. The molecule has 2 aromatic rings. The van der Waals surface area contributed by atoms with Gasteiger partial charge in [-0.15, -0.1) is 0 Å². The molecule has 0 aliphatic rings. The average Bonchev–Trinajstić information content (AvgIpc) is 2.56. The summed E-state index contributed by atoms with van der Waals surface area (Å²) in [6, 6.07) is 12.3. The number of hydrogen-bond acceptors (Lipinski definition) is 4. The van der Waals surface area contributed by atoms with Crippen molar-refractivity contribution in [2.75, 3.05) is 24.4 Å². The van der Waals surface area contributed by atoms with Crippen LogP contribution in [0.25, 0.3) is 0 Å². The number of ether oxygens (including phenoxy) is 2. The average molecular weight is 328 g/mol. The van der Waals surface area contributed by atoms with Crippen molar-refractivity contribution in [2.45, 2.75) is 13.8 Å². The summed E-state index contributed by atoms with van der Waals surface area (Å²) in [5, 5.41) is 5.50. The molecule has 0 bridgehead atoms. The van der Waals surface area contributed by atoms with Crippen molar-refractivity contribution in [3.8, 4) is 11.5 Å². The standard InChI is InChI=1S/C18H20N2O4/c1-12-16(19-13(2)21)5-4-6-17(12)20-18(22)11-24-15-9-7-14(23-3)8-10-15/h4-10H,11H2,1-3H3,(H,19,21)(H,20,22). The van der Waals surface area contributed by atoms with Gasteiger partial charge in [0, 0.05) is 18.3 Å². The molecule has 0 heterocycles. The highest BCUT2D eigenvalue weighted by molar-refractivity contribution is 5.95. The maximum absolute atomic E-state index is 12.0. The summed E-state index contributed by atoms with van der Waals surface area (Å²) in [4.78, 5) is 23.2. The molecule has 0 spiro atoms. The van der Waals surface area contributed by atoms with E-state index in [2.05, 4.69) is 10.6 Å². The molecule has 2 aromatic carbocycles. The molecule has 0 aliphatic carbocycles. The van der Waals surface area contributed by atoms with Crippen molar-refractivity contribution in [1.29, 1.82) is 0 Å². The van der Waals surface area contributed by atoms with Crippen LogP contribution < -0.4 is 20.1 Å². The number of rotatable bonds is 6. The summed E-state index contributed by atoms with van der Waals surface area (Å²) in [5.74, 6) is 0.852. The number of amides is 2. The Hall–Kier alpha value is -3.02. The van der Waals surface area contributed by atoms with Crippen LogP contribution in [0.3, 0.4) is 0 Å². The zero-order valence-electron chi connectivity index (χ0n) is 13.9. The van der Waals surface area contributed by atoms with Gasteiger partial charge in [0.25, 0.3) is 5.91 Å². The van der Waals surface area contributed by atoms with Gasteiger partial charge in [-0.1, -0.05) is 6.07 Å². The predicted molar refractivity (Wildman–Crippen MR) is 92.6 cm³/mol. The zero-order chi connectivity index (χ0) is 17.5. The van der Waals surface area contributed by atoms with Gasteiger partial charge in [-0.3, -0.25) is 9.59 Å². The van der Waals surface area contributed by atoms with E-state index in [1.165, 1.54) is 6.92 Å². The largest absolute Gasteiger partial charge is 0.497 e. The maximum Gasteiger partial charge on any atom is 0.262 e.